The maximum Gasteiger partial charge on any atom is 0.0463 e. The van der Waals surface area contributed by atoms with E-state index < -0.39 is 0 Å². The van der Waals surface area contributed by atoms with Crippen molar-refractivity contribution in [1.29, 1.82) is 0 Å². The molecule has 0 aliphatic heterocycles. The van der Waals surface area contributed by atoms with E-state index in [-0.39, 0.29) is 0 Å². The highest BCUT2D eigenvalue weighted by Gasteiger charge is 2.27. The standard InChI is InChI=1S/C76H64N4/c1-7-19-59(20-8-1)31-33-61-35-43-69(44-36-61)77(65-23-11-3-12-24-65)73-51-55-75(56-52-73)79(67-27-15-5-16-28-67)71-47-39-63(40-48-71)64-41-49-72(50-42-64)80(68-29-17-6-18-30-68)76-57-53-74(54-58-76)78(66-25-13-4-14-26-66)70-45-37-62(38-46-70)34-32-60-21-9-2-10-22-60/h1-36,39-44,47-58,62,70H,37-38,45-46H2/b33-31?,34-32+. The number of hydrogen-bond donors (Lipinski definition) is 0. The quantitative estimate of drug-likeness (QED) is 0.0843. The van der Waals surface area contributed by atoms with Crippen molar-refractivity contribution in [2.45, 2.75) is 31.7 Å². The number of para-hydroxylation sites is 4. The highest BCUT2D eigenvalue weighted by molar-refractivity contribution is 5.84. The van der Waals surface area contributed by atoms with Crippen LogP contribution in [-0.4, -0.2) is 6.04 Å². The Balaban J connectivity index is 0.780. The molecule has 1 fully saturated rings. The summed E-state index contributed by atoms with van der Waals surface area (Å²) in [5.74, 6) is 0.597. The van der Waals surface area contributed by atoms with E-state index in [2.05, 4.69) is 341 Å². The van der Waals surface area contributed by atoms with Crippen LogP contribution in [-0.2, 0) is 0 Å². The van der Waals surface area contributed by atoms with Crippen molar-refractivity contribution in [2.24, 2.45) is 5.92 Å². The molecule has 11 aromatic carbocycles. The fourth-order valence-electron chi connectivity index (χ4n) is 11.2. The van der Waals surface area contributed by atoms with Crippen molar-refractivity contribution in [3.05, 3.63) is 326 Å². The lowest BCUT2D eigenvalue weighted by Gasteiger charge is -2.38. The van der Waals surface area contributed by atoms with E-state index in [4.69, 9.17) is 0 Å². The first-order valence-electron chi connectivity index (χ1n) is 28.0. The summed E-state index contributed by atoms with van der Waals surface area (Å²) in [6.07, 6.45) is 13.7. The summed E-state index contributed by atoms with van der Waals surface area (Å²) in [6, 6.07) is 109. The normalized spacial score (nSPS) is 14.2. The highest BCUT2D eigenvalue weighted by atomic mass is 15.2. The van der Waals surface area contributed by atoms with Gasteiger partial charge in [-0.2, -0.15) is 0 Å². The van der Waals surface area contributed by atoms with Crippen molar-refractivity contribution >= 4 is 80.8 Å². The lowest BCUT2D eigenvalue weighted by molar-refractivity contribution is 0.373. The molecule has 388 valence electrons. The summed E-state index contributed by atoms with van der Waals surface area (Å²) in [4.78, 5) is 9.58. The van der Waals surface area contributed by atoms with E-state index >= 15 is 0 Å². The minimum atomic E-state index is 0.422. The van der Waals surface area contributed by atoms with Gasteiger partial charge in [-0.25, -0.2) is 0 Å². The minimum Gasteiger partial charge on any atom is -0.338 e. The van der Waals surface area contributed by atoms with E-state index in [1.165, 1.54) is 35.3 Å². The van der Waals surface area contributed by atoms with E-state index in [0.717, 1.165) is 80.7 Å². The smallest absolute Gasteiger partial charge is 0.0463 e. The SMILES string of the molecule is C(=Cc1ccc(N(c2ccccc2)c2ccc(N(c3ccccc3)c3ccc(-c4ccc(N(c5ccccc5)c5ccc(N(c6ccccc6)C6CCC(/C=C/c7ccccc7)CC6)cc5)cc4)cc3)cc2)cc1)c1ccccc1. The second-order valence-corrected chi connectivity index (χ2v) is 20.5. The molecular weight excluding hydrogens is 969 g/mol. The third-order valence-corrected chi connectivity index (χ3v) is 15.3. The second kappa shape index (κ2) is 24.6. The Hall–Kier alpha value is -9.90. The third kappa shape index (κ3) is 12.0. The molecule has 0 heterocycles. The van der Waals surface area contributed by atoms with Crippen LogP contribution < -0.4 is 19.6 Å². The van der Waals surface area contributed by atoms with Crippen LogP contribution >= 0.6 is 0 Å². The molecule has 0 unspecified atom stereocenters. The molecule has 4 heteroatoms. The Morgan fingerprint density at radius 3 is 0.838 bits per heavy atom. The van der Waals surface area contributed by atoms with Crippen molar-refractivity contribution in [1.82, 2.24) is 0 Å². The summed E-state index contributed by atoms with van der Waals surface area (Å²) in [7, 11) is 0. The molecule has 0 atom stereocenters. The van der Waals surface area contributed by atoms with Gasteiger partial charge in [-0.3, -0.25) is 0 Å². The Kier molecular flexibility index (Phi) is 15.7. The summed E-state index contributed by atoms with van der Waals surface area (Å²) in [5.41, 5.74) is 18.2. The van der Waals surface area contributed by atoms with Crippen molar-refractivity contribution in [3.63, 3.8) is 0 Å². The number of benzene rings is 11. The van der Waals surface area contributed by atoms with Gasteiger partial charge in [-0.15, -0.1) is 0 Å². The zero-order chi connectivity index (χ0) is 53.7. The van der Waals surface area contributed by atoms with Gasteiger partial charge in [0.1, 0.15) is 0 Å². The van der Waals surface area contributed by atoms with Crippen molar-refractivity contribution in [2.75, 3.05) is 19.6 Å². The summed E-state index contributed by atoms with van der Waals surface area (Å²) < 4.78 is 0. The first kappa shape index (κ1) is 50.9. The molecule has 0 amide bonds. The van der Waals surface area contributed by atoms with Crippen LogP contribution in [0.15, 0.2) is 309 Å². The lowest BCUT2D eigenvalue weighted by Crippen LogP contribution is -2.34. The van der Waals surface area contributed by atoms with Crippen LogP contribution in [0, 0.1) is 5.92 Å². The number of nitrogens with zero attached hydrogens (tertiary/aromatic N) is 4. The molecule has 80 heavy (non-hydrogen) atoms. The van der Waals surface area contributed by atoms with E-state index in [1.54, 1.807) is 0 Å². The van der Waals surface area contributed by atoms with E-state index in [0.29, 0.717) is 12.0 Å². The van der Waals surface area contributed by atoms with Crippen molar-refractivity contribution < 1.29 is 0 Å². The topological polar surface area (TPSA) is 13.0 Å². The predicted molar refractivity (Wildman–Crippen MR) is 341 cm³/mol. The van der Waals surface area contributed by atoms with Gasteiger partial charge in [0.25, 0.3) is 0 Å². The third-order valence-electron chi connectivity index (χ3n) is 15.3. The molecule has 1 aliphatic carbocycles. The fourth-order valence-corrected chi connectivity index (χ4v) is 11.2. The number of rotatable bonds is 17. The highest BCUT2D eigenvalue weighted by Crippen LogP contribution is 2.43. The molecule has 0 bridgehead atoms. The Morgan fingerprint density at radius 1 is 0.225 bits per heavy atom. The van der Waals surface area contributed by atoms with Crippen molar-refractivity contribution in [3.8, 4) is 11.1 Å². The van der Waals surface area contributed by atoms with Gasteiger partial charge in [0.2, 0.25) is 0 Å². The monoisotopic (exact) mass is 1030 g/mol. The molecule has 12 rings (SSSR count). The van der Waals surface area contributed by atoms with Gasteiger partial charge in [0, 0.05) is 68.6 Å². The van der Waals surface area contributed by atoms with E-state index in [1.807, 2.05) is 6.07 Å². The summed E-state index contributed by atoms with van der Waals surface area (Å²) >= 11 is 0. The number of hydrogen-bond acceptors (Lipinski definition) is 4. The fraction of sp³-hybridized carbons (Fsp3) is 0.0789. The number of allylic oxidation sites excluding steroid dienone is 1. The molecule has 1 saturated carbocycles. The zero-order valence-electron chi connectivity index (χ0n) is 44.9. The van der Waals surface area contributed by atoms with Crippen LogP contribution in [0.4, 0.5) is 62.6 Å². The first-order valence-corrected chi connectivity index (χ1v) is 28.0. The van der Waals surface area contributed by atoms with Crippen LogP contribution in [0.1, 0.15) is 42.4 Å². The summed E-state index contributed by atoms with van der Waals surface area (Å²) in [6.45, 7) is 0. The van der Waals surface area contributed by atoms with Gasteiger partial charge in [-0.05, 0) is 193 Å². The molecule has 0 radical (unpaired) electrons. The minimum absolute atomic E-state index is 0.422. The van der Waals surface area contributed by atoms with Crippen LogP contribution in [0.3, 0.4) is 0 Å². The molecule has 0 saturated heterocycles. The van der Waals surface area contributed by atoms with Crippen LogP contribution in [0.25, 0.3) is 29.4 Å². The first-order chi connectivity index (χ1) is 39.7. The molecular formula is C76H64N4. The van der Waals surface area contributed by atoms with Gasteiger partial charge >= 0.3 is 0 Å². The Bertz CT molecular complexity index is 3710. The Morgan fingerprint density at radius 2 is 0.475 bits per heavy atom. The maximum absolute atomic E-state index is 2.58. The van der Waals surface area contributed by atoms with Crippen LogP contribution in [0.2, 0.25) is 0 Å². The average Bonchev–Trinajstić information content (AvgIpc) is 3.57. The summed E-state index contributed by atoms with van der Waals surface area (Å²) in [5, 5.41) is 0. The lowest BCUT2D eigenvalue weighted by atomic mass is 9.84. The maximum atomic E-state index is 2.58. The second-order valence-electron chi connectivity index (χ2n) is 20.5. The molecule has 1 aliphatic rings. The molecule has 4 nitrogen and oxygen atoms in total. The van der Waals surface area contributed by atoms with Gasteiger partial charge in [-0.1, -0.05) is 194 Å². The van der Waals surface area contributed by atoms with E-state index in [9.17, 15) is 0 Å². The van der Waals surface area contributed by atoms with Gasteiger partial charge in [0.15, 0.2) is 0 Å². The molecule has 0 spiro atoms. The predicted octanol–water partition coefficient (Wildman–Crippen LogP) is 21.3. The largest absolute Gasteiger partial charge is 0.338 e. The molecule has 11 aromatic rings. The van der Waals surface area contributed by atoms with Gasteiger partial charge in [0.05, 0.1) is 0 Å². The molecule has 0 aromatic heterocycles. The molecule has 0 N–H and O–H groups in total. The van der Waals surface area contributed by atoms with Gasteiger partial charge < -0.3 is 19.6 Å². The number of anilines is 11. The average molecular weight is 1030 g/mol. The zero-order valence-corrected chi connectivity index (χ0v) is 44.9. The van der Waals surface area contributed by atoms with Crippen LogP contribution in [0.5, 0.6) is 0 Å². The Labute approximate surface area is 472 Å².